The fraction of sp³-hybridized carbons (Fsp3) is 0.250. The van der Waals surface area contributed by atoms with Gasteiger partial charge in [-0.1, -0.05) is 18.2 Å². The summed E-state index contributed by atoms with van der Waals surface area (Å²) in [5.74, 6) is 0.122. The highest BCUT2D eigenvalue weighted by molar-refractivity contribution is 5.91. The zero-order chi connectivity index (χ0) is 15.8. The lowest BCUT2D eigenvalue weighted by atomic mass is 10.2. The number of amides is 1. The Bertz CT molecular complexity index is 621. The molecule has 0 saturated carbocycles. The Balaban J connectivity index is 1.71. The number of carbonyl (C=O) groups excluding carboxylic acids is 2. The van der Waals surface area contributed by atoms with Crippen molar-refractivity contribution in [1.82, 2.24) is 5.32 Å². The molecule has 1 aromatic carbocycles. The molecule has 0 unspecified atom stereocenters. The SMILES string of the molecule is COc1ccccc1COC(=O)CCNC(=O)c1ccco1. The molecule has 2 rings (SSSR count). The third-order valence-electron chi connectivity index (χ3n) is 2.94. The third-order valence-corrected chi connectivity index (χ3v) is 2.94. The van der Waals surface area contributed by atoms with Crippen LogP contribution in [0.4, 0.5) is 0 Å². The number of ether oxygens (including phenoxy) is 2. The maximum absolute atomic E-state index is 11.6. The van der Waals surface area contributed by atoms with Crippen LogP contribution in [0.15, 0.2) is 47.1 Å². The molecular formula is C16H17NO5. The van der Waals surface area contributed by atoms with Crippen LogP contribution in [0.3, 0.4) is 0 Å². The first-order valence-electron chi connectivity index (χ1n) is 6.80. The number of nitrogens with one attached hydrogen (secondary N) is 1. The summed E-state index contributed by atoms with van der Waals surface area (Å²) in [5.41, 5.74) is 0.790. The summed E-state index contributed by atoms with van der Waals surface area (Å²) >= 11 is 0. The summed E-state index contributed by atoms with van der Waals surface area (Å²) in [6, 6.07) is 10.5. The zero-order valence-corrected chi connectivity index (χ0v) is 12.2. The molecule has 0 fully saturated rings. The van der Waals surface area contributed by atoms with E-state index in [-0.39, 0.29) is 31.2 Å². The number of carbonyl (C=O) groups is 2. The Morgan fingerprint density at radius 3 is 2.73 bits per heavy atom. The lowest BCUT2D eigenvalue weighted by Crippen LogP contribution is -2.26. The van der Waals surface area contributed by atoms with Crippen molar-refractivity contribution in [3.05, 3.63) is 54.0 Å². The van der Waals surface area contributed by atoms with Gasteiger partial charge in [0.25, 0.3) is 5.91 Å². The number of para-hydroxylation sites is 1. The largest absolute Gasteiger partial charge is 0.496 e. The molecule has 6 heteroatoms. The zero-order valence-electron chi connectivity index (χ0n) is 12.2. The average molecular weight is 303 g/mol. The van der Waals surface area contributed by atoms with Crippen LogP contribution in [0.2, 0.25) is 0 Å². The van der Waals surface area contributed by atoms with E-state index in [0.717, 1.165) is 5.56 Å². The predicted molar refractivity (Wildman–Crippen MR) is 78.4 cm³/mol. The fourth-order valence-corrected chi connectivity index (χ4v) is 1.83. The van der Waals surface area contributed by atoms with E-state index in [1.807, 2.05) is 18.2 Å². The van der Waals surface area contributed by atoms with Gasteiger partial charge in [-0.15, -0.1) is 0 Å². The van der Waals surface area contributed by atoms with E-state index in [1.54, 1.807) is 25.3 Å². The first-order chi connectivity index (χ1) is 10.7. The van der Waals surface area contributed by atoms with E-state index >= 15 is 0 Å². The van der Waals surface area contributed by atoms with Crippen molar-refractivity contribution in [3.8, 4) is 5.75 Å². The second-order valence-corrected chi connectivity index (χ2v) is 4.46. The molecule has 0 aliphatic heterocycles. The molecule has 0 bridgehead atoms. The second kappa shape index (κ2) is 7.87. The molecule has 22 heavy (non-hydrogen) atoms. The van der Waals surface area contributed by atoms with Gasteiger partial charge in [0.15, 0.2) is 5.76 Å². The van der Waals surface area contributed by atoms with E-state index < -0.39 is 5.97 Å². The maximum atomic E-state index is 11.6. The van der Waals surface area contributed by atoms with Gasteiger partial charge in [0.05, 0.1) is 19.8 Å². The van der Waals surface area contributed by atoms with E-state index in [4.69, 9.17) is 13.9 Å². The summed E-state index contributed by atoms with van der Waals surface area (Å²) in [4.78, 5) is 23.2. The Labute approximate surface area is 128 Å². The molecule has 1 aromatic heterocycles. The summed E-state index contributed by atoms with van der Waals surface area (Å²) in [7, 11) is 1.56. The van der Waals surface area contributed by atoms with Crippen LogP contribution in [0.5, 0.6) is 5.75 Å². The van der Waals surface area contributed by atoms with Crippen LogP contribution in [-0.4, -0.2) is 25.5 Å². The summed E-state index contributed by atoms with van der Waals surface area (Å²) in [6.07, 6.45) is 1.50. The minimum Gasteiger partial charge on any atom is -0.496 e. The minimum absolute atomic E-state index is 0.0849. The highest BCUT2D eigenvalue weighted by Gasteiger charge is 2.10. The van der Waals surface area contributed by atoms with Gasteiger partial charge in [0.1, 0.15) is 12.4 Å². The number of rotatable bonds is 7. The van der Waals surface area contributed by atoms with Crippen LogP contribution in [-0.2, 0) is 16.1 Å². The molecular weight excluding hydrogens is 286 g/mol. The van der Waals surface area contributed by atoms with Crippen molar-refractivity contribution in [2.45, 2.75) is 13.0 Å². The van der Waals surface area contributed by atoms with Gasteiger partial charge in [-0.25, -0.2) is 0 Å². The number of methoxy groups -OCH3 is 1. The Kier molecular flexibility index (Phi) is 5.59. The molecule has 0 atom stereocenters. The van der Waals surface area contributed by atoms with Crippen molar-refractivity contribution >= 4 is 11.9 Å². The van der Waals surface area contributed by atoms with Crippen LogP contribution in [0, 0.1) is 0 Å². The molecule has 6 nitrogen and oxygen atoms in total. The Hall–Kier alpha value is -2.76. The average Bonchev–Trinajstić information content (AvgIpc) is 3.07. The highest BCUT2D eigenvalue weighted by atomic mass is 16.5. The summed E-state index contributed by atoms with van der Waals surface area (Å²) in [6.45, 7) is 0.319. The monoisotopic (exact) mass is 303 g/mol. The van der Waals surface area contributed by atoms with Gasteiger partial charge in [0.2, 0.25) is 0 Å². The van der Waals surface area contributed by atoms with Crippen molar-refractivity contribution in [2.75, 3.05) is 13.7 Å². The second-order valence-electron chi connectivity index (χ2n) is 4.46. The number of hydrogen-bond acceptors (Lipinski definition) is 5. The normalized spacial score (nSPS) is 10.0. The summed E-state index contributed by atoms with van der Waals surface area (Å²) < 4.78 is 15.3. The van der Waals surface area contributed by atoms with E-state index in [2.05, 4.69) is 5.32 Å². The van der Waals surface area contributed by atoms with Crippen molar-refractivity contribution < 1.29 is 23.5 Å². The quantitative estimate of drug-likeness (QED) is 0.793. The van der Waals surface area contributed by atoms with Crippen LogP contribution >= 0.6 is 0 Å². The molecule has 1 heterocycles. The lowest BCUT2D eigenvalue weighted by Gasteiger charge is -2.09. The predicted octanol–water partition coefficient (Wildman–Crippen LogP) is 2.15. The van der Waals surface area contributed by atoms with Crippen LogP contribution in [0.25, 0.3) is 0 Å². The van der Waals surface area contributed by atoms with E-state index in [0.29, 0.717) is 5.75 Å². The molecule has 116 valence electrons. The molecule has 2 aromatic rings. The van der Waals surface area contributed by atoms with Gasteiger partial charge in [-0.05, 0) is 18.2 Å². The molecule has 0 aliphatic rings. The lowest BCUT2D eigenvalue weighted by molar-refractivity contribution is -0.144. The first-order valence-corrected chi connectivity index (χ1v) is 6.80. The van der Waals surface area contributed by atoms with Crippen LogP contribution in [0.1, 0.15) is 22.5 Å². The van der Waals surface area contributed by atoms with E-state index in [1.165, 1.54) is 6.26 Å². The van der Waals surface area contributed by atoms with Gasteiger partial charge in [-0.3, -0.25) is 9.59 Å². The standard InChI is InChI=1S/C16H17NO5/c1-20-13-6-3-2-5-12(13)11-22-15(18)8-9-17-16(19)14-7-4-10-21-14/h2-7,10H,8-9,11H2,1H3,(H,17,19). The Morgan fingerprint density at radius 1 is 1.18 bits per heavy atom. The maximum Gasteiger partial charge on any atom is 0.307 e. The number of hydrogen-bond donors (Lipinski definition) is 1. The molecule has 0 spiro atoms. The molecule has 0 radical (unpaired) electrons. The number of benzene rings is 1. The molecule has 1 amide bonds. The van der Waals surface area contributed by atoms with Gasteiger partial charge in [0, 0.05) is 12.1 Å². The first kappa shape index (κ1) is 15.6. The van der Waals surface area contributed by atoms with Gasteiger partial charge in [-0.2, -0.15) is 0 Å². The number of esters is 1. The van der Waals surface area contributed by atoms with Crippen LogP contribution < -0.4 is 10.1 Å². The Morgan fingerprint density at radius 2 is 2.00 bits per heavy atom. The third kappa shape index (κ3) is 4.37. The fourth-order valence-electron chi connectivity index (χ4n) is 1.83. The van der Waals surface area contributed by atoms with Gasteiger partial charge < -0.3 is 19.2 Å². The molecule has 0 saturated heterocycles. The molecule has 1 N–H and O–H groups in total. The number of furan rings is 1. The highest BCUT2D eigenvalue weighted by Crippen LogP contribution is 2.18. The van der Waals surface area contributed by atoms with Crippen molar-refractivity contribution in [3.63, 3.8) is 0 Å². The van der Waals surface area contributed by atoms with Crippen molar-refractivity contribution in [1.29, 1.82) is 0 Å². The van der Waals surface area contributed by atoms with Gasteiger partial charge >= 0.3 is 5.97 Å². The van der Waals surface area contributed by atoms with Crippen molar-refractivity contribution in [2.24, 2.45) is 0 Å². The van der Waals surface area contributed by atoms with E-state index in [9.17, 15) is 9.59 Å². The smallest absolute Gasteiger partial charge is 0.307 e. The summed E-state index contributed by atoms with van der Waals surface area (Å²) in [5, 5.41) is 2.58. The molecule has 0 aliphatic carbocycles. The topological polar surface area (TPSA) is 77.8 Å². The minimum atomic E-state index is -0.398.